The van der Waals surface area contributed by atoms with Gasteiger partial charge in [-0.15, -0.1) is 11.8 Å². The van der Waals surface area contributed by atoms with Crippen molar-refractivity contribution in [2.45, 2.75) is 19.9 Å². The van der Waals surface area contributed by atoms with Crippen LogP contribution in [0.25, 0.3) is 0 Å². The minimum Gasteiger partial charge on any atom is -0.493 e. The molecule has 1 unspecified atom stereocenters. The summed E-state index contributed by atoms with van der Waals surface area (Å²) in [5.41, 5.74) is 0.782. The summed E-state index contributed by atoms with van der Waals surface area (Å²) in [4.78, 5) is 12.0. The topological polar surface area (TPSA) is 50.4 Å². The number of ether oxygens (including phenoxy) is 1. The molecule has 0 radical (unpaired) electrons. The predicted octanol–water partition coefficient (Wildman–Crippen LogP) is 2.32. The highest BCUT2D eigenvalue weighted by Crippen LogP contribution is 2.19. The Labute approximate surface area is 118 Å². The number of thioether (sulfide) groups is 1. The van der Waals surface area contributed by atoms with Gasteiger partial charge in [0, 0.05) is 23.4 Å². The molecule has 2 rings (SSSR count). The van der Waals surface area contributed by atoms with Crippen LogP contribution < -0.4 is 15.4 Å². The summed E-state index contributed by atoms with van der Waals surface area (Å²) in [6.07, 6.45) is 0. The van der Waals surface area contributed by atoms with Gasteiger partial charge in [-0.2, -0.15) is 0 Å². The number of carbonyl (C=O) groups excluding carboxylic acids is 1. The zero-order chi connectivity index (χ0) is 13.7. The number of carbonyl (C=O) groups is 1. The highest BCUT2D eigenvalue weighted by Gasteiger charge is 2.22. The van der Waals surface area contributed by atoms with E-state index in [2.05, 4.69) is 24.5 Å². The Morgan fingerprint density at radius 2 is 2.42 bits per heavy atom. The maximum atomic E-state index is 12.0. The number of benzene rings is 1. The third-order valence-corrected chi connectivity index (χ3v) is 3.66. The Hall–Kier alpha value is -1.20. The van der Waals surface area contributed by atoms with E-state index < -0.39 is 0 Å². The normalized spacial score (nSPS) is 18.6. The molecule has 1 heterocycles. The fraction of sp³-hybridized carbons (Fsp3) is 0.500. The first-order valence-electron chi connectivity index (χ1n) is 6.50. The van der Waals surface area contributed by atoms with Crippen molar-refractivity contribution in [3.05, 3.63) is 24.3 Å². The van der Waals surface area contributed by atoms with Gasteiger partial charge in [-0.25, -0.2) is 0 Å². The van der Waals surface area contributed by atoms with E-state index in [9.17, 15) is 4.79 Å². The largest absolute Gasteiger partial charge is 0.493 e. The lowest BCUT2D eigenvalue weighted by molar-refractivity contribution is -0.117. The molecule has 1 aromatic rings. The van der Waals surface area contributed by atoms with E-state index in [0.29, 0.717) is 12.5 Å². The van der Waals surface area contributed by atoms with Gasteiger partial charge < -0.3 is 10.1 Å². The zero-order valence-electron chi connectivity index (χ0n) is 11.3. The van der Waals surface area contributed by atoms with Crippen LogP contribution in [0.2, 0.25) is 0 Å². The molecule has 1 amide bonds. The van der Waals surface area contributed by atoms with Crippen molar-refractivity contribution in [3.8, 4) is 5.75 Å². The molecule has 4 nitrogen and oxygen atoms in total. The molecule has 5 heteroatoms. The van der Waals surface area contributed by atoms with Gasteiger partial charge in [0.15, 0.2) is 0 Å². The Morgan fingerprint density at radius 1 is 1.58 bits per heavy atom. The Kier molecular flexibility index (Phi) is 5.10. The lowest BCUT2D eigenvalue weighted by Crippen LogP contribution is -2.37. The van der Waals surface area contributed by atoms with E-state index in [-0.39, 0.29) is 11.9 Å². The van der Waals surface area contributed by atoms with Gasteiger partial charge in [0.1, 0.15) is 5.75 Å². The number of anilines is 1. The van der Waals surface area contributed by atoms with Gasteiger partial charge in [0.25, 0.3) is 0 Å². The van der Waals surface area contributed by atoms with Crippen molar-refractivity contribution in [2.75, 3.05) is 23.6 Å². The van der Waals surface area contributed by atoms with Gasteiger partial charge >= 0.3 is 0 Å². The van der Waals surface area contributed by atoms with Crippen LogP contribution in [0.5, 0.6) is 5.75 Å². The molecular weight excluding hydrogens is 260 g/mol. The summed E-state index contributed by atoms with van der Waals surface area (Å²) < 4.78 is 5.64. The van der Waals surface area contributed by atoms with Crippen molar-refractivity contribution in [1.29, 1.82) is 0 Å². The standard InChI is InChI=1S/C14H20N2O2S/c1-10(2)7-18-12-5-3-4-11(6-12)16-14(17)13-8-19-9-15-13/h3-6,10,13,15H,7-9H2,1-2H3,(H,16,17). The molecule has 1 aliphatic rings. The highest BCUT2D eigenvalue weighted by atomic mass is 32.2. The fourth-order valence-electron chi connectivity index (χ4n) is 1.72. The van der Waals surface area contributed by atoms with Crippen LogP contribution >= 0.6 is 11.8 Å². The van der Waals surface area contributed by atoms with Crippen LogP contribution in [0, 0.1) is 5.92 Å². The molecule has 0 saturated carbocycles. The third-order valence-electron chi connectivity index (χ3n) is 2.72. The minimum absolute atomic E-state index is 0.0195. The van der Waals surface area contributed by atoms with Crippen molar-refractivity contribution in [1.82, 2.24) is 5.32 Å². The van der Waals surface area contributed by atoms with Crippen LogP contribution in [-0.4, -0.2) is 30.2 Å². The second kappa shape index (κ2) is 6.82. The summed E-state index contributed by atoms with van der Waals surface area (Å²) in [7, 11) is 0. The summed E-state index contributed by atoms with van der Waals surface area (Å²) in [6.45, 7) is 4.89. The maximum absolute atomic E-state index is 12.0. The van der Waals surface area contributed by atoms with E-state index in [0.717, 1.165) is 23.1 Å². The number of rotatable bonds is 5. The summed E-state index contributed by atoms with van der Waals surface area (Å²) >= 11 is 1.74. The summed E-state index contributed by atoms with van der Waals surface area (Å²) in [6, 6.07) is 7.44. The molecule has 0 spiro atoms. The van der Waals surface area contributed by atoms with E-state index in [1.54, 1.807) is 11.8 Å². The second-order valence-corrected chi connectivity index (χ2v) is 6.02. The van der Waals surface area contributed by atoms with Crippen molar-refractivity contribution in [3.63, 3.8) is 0 Å². The average Bonchev–Trinajstić information content (AvgIpc) is 2.91. The van der Waals surface area contributed by atoms with E-state index in [1.807, 2.05) is 24.3 Å². The first-order valence-corrected chi connectivity index (χ1v) is 7.65. The Bertz CT molecular complexity index is 431. The monoisotopic (exact) mass is 280 g/mol. The number of hydrogen-bond donors (Lipinski definition) is 2. The molecule has 1 aromatic carbocycles. The quantitative estimate of drug-likeness (QED) is 0.869. The second-order valence-electron chi connectivity index (χ2n) is 4.99. The maximum Gasteiger partial charge on any atom is 0.242 e. The molecule has 19 heavy (non-hydrogen) atoms. The molecule has 1 saturated heterocycles. The first kappa shape index (κ1) is 14.2. The Balaban J connectivity index is 1.92. The highest BCUT2D eigenvalue weighted by molar-refractivity contribution is 7.99. The summed E-state index contributed by atoms with van der Waals surface area (Å²) in [5.74, 6) is 2.97. The minimum atomic E-state index is -0.0924. The first-order chi connectivity index (χ1) is 9.15. The molecular formula is C14H20N2O2S. The van der Waals surface area contributed by atoms with Crippen molar-refractivity contribution >= 4 is 23.4 Å². The van der Waals surface area contributed by atoms with Crippen LogP contribution in [0.4, 0.5) is 5.69 Å². The lowest BCUT2D eigenvalue weighted by Gasteiger charge is -2.12. The predicted molar refractivity (Wildman–Crippen MR) is 79.7 cm³/mol. The van der Waals surface area contributed by atoms with E-state index in [4.69, 9.17) is 4.74 Å². The number of amides is 1. The van der Waals surface area contributed by atoms with Gasteiger partial charge in [0.05, 0.1) is 12.6 Å². The molecule has 1 aliphatic heterocycles. The Morgan fingerprint density at radius 3 is 3.11 bits per heavy atom. The van der Waals surface area contributed by atoms with Crippen molar-refractivity contribution < 1.29 is 9.53 Å². The van der Waals surface area contributed by atoms with Crippen molar-refractivity contribution in [2.24, 2.45) is 5.92 Å². The van der Waals surface area contributed by atoms with Gasteiger partial charge in [-0.1, -0.05) is 19.9 Å². The third kappa shape index (κ3) is 4.44. The molecule has 2 N–H and O–H groups in total. The van der Waals surface area contributed by atoms with Crippen LogP contribution in [-0.2, 0) is 4.79 Å². The molecule has 0 aromatic heterocycles. The number of nitrogens with one attached hydrogen (secondary N) is 2. The molecule has 0 aliphatic carbocycles. The molecule has 104 valence electrons. The van der Waals surface area contributed by atoms with Crippen LogP contribution in [0.15, 0.2) is 24.3 Å². The molecule has 1 atom stereocenters. The van der Waals surface area contributed by atoms with Gasteiger partial charge in [-0.05, 0) is 18.1 Å². The lowest BCUT2D eigenvalue weighted by atomic mass is 10.2. The van der Waals surface area contributed by atoms with Gasteiger partial charge in [-0.3, -0.25) is 10.1 Å². The van der Waals surface area contributed by atoms with E-state index >= 15 is 0 Å². The zero-order valence-corrected chi connectivity index (χ0v) is 12.1. The van der Waals surface area contributed by atoms with Crippen LogP contribution in [0.1, 0.15) is 13.8 Å². The average molecular weight is 280 g/mol. The van der Waals surface area contributed by atoms with Crippen LogP contribution in [0.3, 0.4) is 0 Å². The fourth-order valence-corrected chi connectivity index (χ4v) is 2.66. The number of hydrogen-bond acceptors (Lipinski definition) is 4. The smallest absolute Gasteiger partial charge is 0.242 e. The molecule has 1 fully saturated rings. The SMILES string of the molecule is CC(C)COc1cccc(NC(=O)C2CSCN2)c1. The molecule has 0 bridgehead atoms. The van der Waals surface area contributed by atoms with E-state index in [1.165, 1.54) is 0 Å². The summed E-state index contributed by atoms with van der Waals surface area (Å²) in [5, 5.41) is 6.07. The van der Waals surface area contributed by atoms with Gasteiger partial charge in [0.2, 0.25) is 5.91 Å².